The number of benzene rings is 1. The second kappa shape index (κ2) is 3.76. The highest BCUT2D eigenvalue weighted by Gasteiger charge is 2.12. The number of hydrogen-bond acceptors (Lipinski definition) is 3. The van der Waals surface area contributed by atoms with Gasteiger partial charge in [-0.1, -0.05) is 34.4 Å². The van der Waals surface area contributed by atoms with E-state index >= 15 is 0 Å². The highest BCUT2D eigenvalue weighted by Crippen LogP contribution is 2.31. The van der Waals surface area contributed by atoms with Gasteiger partial charge in [0, 0.05) is 11.1 Å². The Bertz CT molecular complexity index is 508. The topological polar surface area (TPSA) is 52.0 Å². The molecule has 0 bridgehead atoms. The zero-order valence-electron chi connectivity index (χ0n) is 7.92. The quantitative estimate of drug-likeness (QED) is 0.833. The van der Waals surface area contributed by atoms with E-state index in [9.17, 15) is 0 Å². The fourth-order valence-electron chi connectivity index (χ4n) is 1.26. The smallest absolute Gasteiger partial charge is 0.225 e. The lowest BCUT2D eigenvalue weighted by atomic mass is 10.1. The zero-order valence-corrected chi connectivity index (χ0v) is 9.43. The molecule has 0 atom stereocenters. The van der Waals surface area contributed by atoms with Crippen LogP contribution in [0, 0.1) is 6.92 Å². The number of anilines is 1. The summed E-state index contributed by atoms with van der Waals surface area (Å²) in [6.07, 6.45) is 0. The summed E-state index contributed by atoms with van der Waals surface area (Å²) in [5.74, 6) is 0.316. The van der Waals surface area contributed by atoms with Crippen molar-refractivity contribution in [3.8, 4) is 11.3 Å². The fraction of sp³-hybridized carbons (Fsp3) is 0.100. The van der Waals surface area contributed by atoms with Crippen molar-refractivity contribution in [2.24, 2.45) is 0 Å². The molecule has 0 fully saturated rings. The molecule has 1 aromatic carbocycles. The first-order chi connectivity index (χ1) is 7.09. The van der Waals surface area contributed by atoms with E-state index < -0.39 is 0 Å². The van der Waals surface area contributed by atoms with Crippen LogP contribution >= 0.6 is 23.2 Å². The summed E-state index contributed by atoms with van der Waals surface area (Å²) in [5, 5.41) is 4.85. The lowest BCUT2D eigenvalue weighted by Gasteiger charge is -2.00. The number of nitrogens with zero attached hydrogens (tertiary/aromatic N) is 1. The molecule has 3 nitrogen and oxygen atoms in total. The van der Waals surface area contributed by atoms with E-state index in [-0.39, 0.29) is 0 Å². The van der Waals surface area contributed by atoms with E-state index in [0.29, 0.717) is 21.6 Å². The summed E-state index contributed by atoms with van der Waals surface area (Å²) in [7, 11) is 0. The average molecular weight is 243 g/mol. The Morgan fingerprint density at radius 3 is 2.53 bits per heavy atom. The number of aromatic nitrogens is 1. The van der Waals surface area contributed by atoms with Crippen LogP contribution < -0.4 is 5.73 Å². The molecule has 1 heterocycles. The summed E-state index contributed by atoms with van der Waals surface area (Å²) in [5.41, 5.74) is 7.88. The molecule has 78 valence electrons. The van der Waals surface area contributed by atoms with Crippen molar-refractivity contribution in [3.63, 3.8) is 0 Å². The van der Waals surface area contributed by atoms with Gasteiger partial charge >= 0.3 is 0 Å². The minimum Gasteiger partial charge on any atom is -0.367 e. The normalized spacial score (nSPS) is 10.6. The molecule has 0 aliphatic rings. The molecule has 2 N–H and O–H groups in total. The van der Waals surface area contributed by atoms with Crippen molar-refractivity contribution in [2.75, 3.05) is 5.73 Å². The maximum Gasteiger partial charge on any atom is 0.225 e. The van der Waals surface area contributed by atoms with E-state index in [2.05, 4.69) is 5.16 Å². The van der Waals surface area contributed by atoms with Crippen LogP contribution in [0.3, 0.4) is 0 Å². The first kappa shape index (κ1) is 10.3. The highest BCUT2D eigenvalue weighted by atomic mass is 35.5. The van der Waals surface area contributed by atoms with Crippen LogP contribution in [0.4, 0.5) is 5.88 Å². The minimum atomic E-state index is 0.316. The third-order valence-corrected chi connectivity index (χ3v) is 2.89. The Kier molecular flexibility index (Phi) is 2.59. The maximum absolute atomic E-state index is 5.90. The van der Waals surface area contributed by atoms with Crippen LogP contribution in [-0.4, -0.2) is 5.16 Å². The van der Waals surface area contributed by atoms with Crippen LogP contribution in [0.5, 0.6) is 0 Å². The Labute approximate surface area is 96.8 Å². The SMILES string of the molecule is Cc1c(-c2ccc(Cl)c(Cl)c2)noc1N. The minimum absolute atomic E-state index is 0.316. The summed E-state index contributed by atoms with van der Waals surface area (Å²) >= 11 is 11.7. The Morgan fingerprint density at radius 1 is 1.27 bits per heavy atom. The van der Waals surface area contributed by atoms with Gasteiger partial charge in [0.25, 0.3) is 0 Å². The van der Waals surface area contributed by atoms with Crippen molar-refractivity contribution in [2.45, 2.75) is 6.92 Å². The third-order valence-electron chi connectivity index (χ3n) is 2.15. The van der Waals surface area contributed by atoms with Crippen LogP contribution in [0.25, 0.3) is 11.3 Å². The van der Waals surface area contributed by atoms with Crippen molar-refractivity contribution < 1.29 is 4.52 Å². The highest BCUT2D eigenvalue weighted by molar-refractivity contribution is 6.42. The summed E-state index contributed by atoms with van der Waals surface area (Å²) in [4.78, 5) is 0. The van der Waals surface area contributed by atoms with Gasteiger partial charge in [-0.25, -0.2) is 0 Å². The largest absolute Gasteiger partial charge is 0.367 e. The van der Waals surface area contributed by atoms with E-state index in [1.54, 1.807) is 12.1 Å². The molecule has 5 heteroatoms. The number of nitrogen functional groups attached to an aromatic ring is 1. The first-order valence-corrected chi connectivity index (χ1v) is 5.02. The molecular weight excluding hydrogens is 235 g/mol. The summed E-state index contributed by atoms with van der Waals surface area (Å²) in [6.45, 7) is 1.84. The lowest BCUT2D eigenvalue weighted by molar-refractivity contribution is 0.439. The van der Waals surface area contributed by atoms with Gasteiger partial charge in [0.05, 0.1) is 10.0 Å². The van der Waals surface area contributed by atoms with Gasteiger partial charge in [-0.15, -0.1) is 0 Å². The predicted molar refractivity (Wildman–Crippen MR) is 61.1 cm³/mol. The number of halogens is 2. The van der Waals surface area contributed by atoms with Gasteiger partial charge in [-0.3, -0.25) is 0 Å². The number of rotatable bonds is 1. The van der Waals surface area contributed by atoms with Crippen LogP contribution in [0.1, 0.15) is 5.56 Å². The second-order valence-electron chi connectivity index (χ2n) is 3.15. The van der Waals surface area contributed by atoms with Gasteiger partial charge in [0.15, 0.2) is 0 Å². The average Bonchev–Trinajstić information content (AvgIpc) is 2.53. The van der Waals surface area contributed by atoms with E-state index in [4.69, 9.17) is 33.5 Å². The van der Waals surface area contributed by atoms with Crippen molar-refractivity contribution in [3.05, 3.63) is 33.8 Å². The molecular formula is C10H8Cl2N2O. The van der Waals surface area contributed by atoms with Gasteiger partial charge in [-0.05, 0) is 19.1 Å². The van der Waals surface area contributed by atoms with E-state index in [1.165, 1.54) is 0 Å². The molecule has 0 saturated carbocycles. The summed E-state index contributed by atoms with van der Waals surface area (Å²) < 4.78 is 4.87. The fourth-order valence-corrected chi connectivity index (χ4v) is 1.56. The van der Waals surface area contributed by atoms with Crippen molar-refractivity contribution >= 4 is 29.1 Å². The second-order valence-corrected chi connectivity index (χ2v) is 3.96. The molecule has 0 amide bonds. The van der Waals surface area contributed by atoms with E-state index in [0.717, 1.165) is 11.1 Å². The number of nitrogens with two attached hydrogens (primary N) is 1. The molecule has 0 aliphatic carbocycles. The molecule has 0 aliphatic heterocycles. The molecule has 0 unspecified atom stereocenters. The first-order valence-electron chi connectivity index (χ1n) is 4.26. The van der Waals surface area contributed by atoms with Crippen molar-refractivity contribution in [1.29, 1.82) is 0 Å². The van der Waals surface area contributed by atoms with E-state index in [1.807, 2.05) is 13.0 Å². The van der Waals surface area contributed by atoms with Crippen LogP contribution in [-0.2, 0) is 0 Å². The zero-order chi connectivity index (χ0) is 11.0. The Morgan fingerprint density at radius 2 is 2.00 bits per heavy atom. The molecule has 15 heavy (non-hydrogen) atoms. The maximum atomic E-state index is 5.90. The number of hydrogen-bond donors (Lipinski definition) is 1. The summed E-state index contributed by atoms with van der Waals surface area (Å²) in [6, 6.07) is 5.26. The van der Waals surface area contributed by atoms with Gasteiger partial charge in [0.2, 0.25) is 5.88 Å². The molecule has 1 aromatic heterocycles. The Hall–Kier alpha value is -1.19. The molecule has 0 spiro atoms. The predicted octanol–water partition coefficient (Wildman–Crippen LogP) is 3.54. The van der Waals surface area contributed by atoms with Gasteiger partial charge in [-0.2, -0.15) is 0 Å². The van der Waals surface area contributed by atoms with Gasteiger partial charge in [0.1, 0.15) is 5.69 Å². The molecule has 0 saturated heterocycles. The van der Waals surface area contributed by atoms with Crippen LogP contribution in [0.15, 0.2) is 22.7 Å². The third kappa shape index (κ3) is 1.80. The molecule has 2 aromatic rings. The lowest BCUT2D eigenvalue weighted by Crippen LogP contribution is -1.85. The monoisotopic (exact) mass is 242 g/mol. The standard InChI is InChI=1S/C10H8Cl2N2O/c1-5-9(14-15-10(5)13)6-2-3-7(11)8(12)4-6/h2-4H,13H2,1H3. The Balaban J connectivity index is 2.55. The van der Waals surface area contributed by atoms with Crippen LogP contribution in [0.2, 0.25) is 10.0 Å². The van der Waals surface area contributed by atoms with Crippen molar-refractivity contribution in [1.82, 2.24) is 5.16 Å². The molecule has 0 radical (unpaired) electrons. The molecule has 2 rings (SSSR count). The van der Waals surface area contributed by atoms with Gasteiger partial charge < -0.3 is 10.3 Å².